The van der Waals surface area contributed by atoms with E-state index in [0.717, 1.165) is 0 Å². The molecule has 0 fully saturated rings. The highest BCUT2D eigenvalue weighted by Gasteiger charge is 1.76. The van der Waals surface area contributed by atoms with Gasteiger partial charge < -0.3 is 0 Å². The Labute approximate surface area is 52.0 Å². The number of hydrogen-bond donors (Lipinski definition) is 0. The molecule has 0 aliphatic carbocycles. The number of hydrogen-bond acceptors (Lipinski definition) is 0. The van der Waals surface area contributed by atoms with Crippen molar-refractivity contribution in [1.29, 1.82) is 0 Å². The summed E-state index contributed by atoms with van der Waals surface area (Å²) in [5, 5.41) is 0. The van der Waals surface area contributed by atoms with Gasteiger partial charge in [0.25, 0.3) is 0 Å². The van der Waals surface area contributed by atoms with Crippen LogP contribution < -0.4 is 0 Å². The molecular formula is C8H6. The summed E-state index contributed by atoms with van der Waals surface area (Å²) in [6.07, 6.45) is 2.00. The van der Waals surface area contributed by atoms with Crippen LogP contribution in [0.25, 0.3) is 0 Å². The maximum absolute atomic E-state index is 7.29. The highest BCUT2D eigenvalue weighted by Crippen LogP contribution is 1.92. The van der Waals surface area contributed by atoms with Gasteiger partial charge in [-0.05, 0) is 12.1 Å². The van der Waals surface area contributed by atoms with Gasteiger partial charge in [0.05, 0.1) is 1.37 Å². The van der Waals surface area contributed by atoms with Gasteiger partial charge in [0.1, 0.15) is 1.37 Å². The second kappa shape index (κ2) is 2.18. The van der Waals surface area contributed by atoms with Gasteiger partial charge in [-0.25, -0.2) is 0 Å². The van der Waals surface area contributed by atoms with Gasteiger partial charge in [0.2, 0.25) is 0 Å². The molecule has 0 heteroatoms. The first-order chi connectivity index (χ1) is 4.84. The Morgan fingerprint density at radius 1 is 1.62 bits per heavy atom. The van der Waals surface area contributed by atoms with Crippen LogP contribution in [0.15, 0.2) is 30.3 Å². The van der Waals surface area contributed by atoms with Gasteiger partial charge >= 0.3 is 0 Å². The molecular weight excluding hydrogens is 96.1 g/mol. The van der Waals surface area contributed by atoms with Gasteiger partial charge in [-0.2, -0.15) is 0 Å². The summed E-state index contributed by atoms with van der Waals surface area (Å²) < 4.78 is 13.9. The second-order valence-corrected chi connectivity index (χ2v) is 1.40. The van der Waals surface area contributed by atoms with Crippen LogP contribution in [0.2, 0.25) is 0 Å². The lowest BCUT2D eigenvalue weighted by Crippen LogP contribution is -1.66. The summed E-state index contributed by atoms with van der Waals surface area (Å²) in [5.41, 5.74) is 0.609. The number of benzene rings is 1. The van der Waals surface area contributed by atoms with E-state index < -0.39 is 0 Å². The van der Waals surface area contributed by atoms with E-state index in [4.69, 9.17) is 2.74 Å². The zero-order valence-corrected chi connectivity index (χ0v) is 4.31. The molecule has 8 heavy (non-hydrogen) atoms. The standard InChI is InChI=1S/C8H6/c1-2-8-6-4-3-5-7-8/h1,3-7H/i1D,6D. The molecule has 0 radical (unpaired) electrons. The lowest BCUT2D eigenvalue weighted by molar-refractivity contribution is 1.65. The minimum absolute atomic E-state index is 0.377. The van der Waals surface area contributed by atoms with E-state index in [1.807, 2.05) is 6.40 Å². The molecule has 0 aliphatic rings. The maximum atomic E-state index is 7.29. The lowest BCUT2D eigenvalue weighted by Gasteiger charge is -1.82. The smallest absolute Gasteiger partial charge is 0.115 e. The Hall–Kier alpha value is -1.22. The minimum atomic E-state index is 0.377. The molecule has 38 valence electrons. The van der Waals surface area contributed by atoms with Gasteiger partial charge in [0.15, 0.2) is 0 Å². The van der Waals surface area contributed by atoms with E-state index in [1.165, 1.54) is 0 Å². The molecule has 1 rings (SSSR count). The van der Waals surface area contributed by atoms with Crippen molar-refractivity contribution in [3.05, 3.63) is 35.9 Å². The molecule has 1 aromatic carbocycles. The lowest BCUT2D eigenvalue weighted by atomic mass is 10.2. The molecule has 0 amide bonds. The third kappa shape index (κ3) is 0.886. The number of rotatable bonds is 0. The molecule has 0 aromatic heterocycles. The van der Waals surface area contributed by atoms with Crippen molar-refractivity contribution in [2.24, 2.45) is 0 Å². The van der Waals surface area contributed by atoms with E-state index in [9.17, 15) is 0 Å². The molecule has 0 spiro atoms. The van der Waals surface area contributed by atoms with E-state index >= 15 is 0 Å². The van der Waals surface area contributed by atoms with Crippen LogP contribution in [0.3, 0.4) is 0 Å². The van der Waals surface area contributed by atoms with E-state index in [0.29, 0.717) is 11.6 Å². The van der Waals surface area contributed by atoms with Crippen molar-refractivity contribution in [2.75, 3.05) is 0 Å². The van der Waals surface area contributed by atoms with Gasteiger partial charge in [-0.15, -0.1) is 6.40 Å². The van der Waals surface area contributed by atoms with Crippen molar-refractivity contribution >= 4 is 0 Å². The highest BCUT2D eigenvalue weighted by atomic mass is 13.8. The summed E-state index contributed by atoms with van der Waals surface area (Å²) in [5.74, 6) is 2.50. The van der Waals surface area contributed by atoms with Crippen molar-refractivity contribution in [3.8, 4) is 12.3 Å². The minimum Gasteiger partial charge on any atom is -0.115 e. The Balaban J connectivity index is 3.11. The van der Waals surface area contributed by atoms with E-state index in [2.05, 4.69) is 5.92 Å². The molecule has 0 saturated carbocycles. The Kier molecular flexibility index (Phi) is 0.801. The molecule has 1 aromatic rings. The third-order valence-corrected chi connectivity index (χ3v) is 0.844. The predicted octanol–water partition coefficient (Wildman–Crippen LogP) is 1.67. The van der Waals surface area contributed by atoms with Gasteiger partial charge in [0, 0.05) is 5.56 Å². The Morgan fingerprint density at radius 2 is 2.62 bits per heavy atom. The van der Waals surface area contributed by atoms with Crippen molar-refractivity contribution in [2.45, 2.75) is 0 Å². The molecule has 0 nitrogen and oxygen atoms in total. The Bertz CT molecular complexity index is 281. The van der Waals surface area contributed by atoms with Gasteiger partial charge in [-0.3, -0.25) is 0 Å². The highest BCUT2D eigenvalue weighted by molar-refractivity contribution is 5.30. The molecule has 0 N–H and O–H groups in total. The first-order valence-electron chi connectivity index (χ1n) is 3.33. The molecule has 0 heterocycles. The topological polar surface area (TPSA) is 0 Å². The predicted molar refractivity (Wildman–Crippen MR) is 34.4 cm³/mol. The monoisotopic (exact) mass is 104 g/mol. The quantitative estimate of drug-likeness (QED) is 0.439. The summed E-state index contributed by atoms with van der Waals surface area (Å²) >= 11 is 0. The van der Waals surface area contributed by atoms with Crippen LogP contribution in [-0.4, -0.2) is 0 Å². The summed E-state index contributed by atoms with van der Waals surface area (Å²) in [7, 11) is 0. The first kappa shape index (κ1) is 2.94. The third-order valence-electron chi connectivity index (χ3n) is 0.844. The largest absolute Gasteiger partial charge is 0.124 e. The summed E-state index contributed by atoms with van der Waals surface area (Å²) in [6, 6.07) is 7.33. The van der Waals surface area contributed by atoms with Crippen LogP contribution in [0.4, 0.5) is 0 Å². The molecule has 0 saturated heterocycles. The van der Waals surface area contributed by atoms with Crippen LogP contribution in [0.5, 0.6) is 0 Å². The molecule has 0 unspecified atom stereocenters. The van der Waals surface area contributed by atoms with Crippen LogP contribution in [0.1, 0.15) is 8.30 Å². The molecule has 0 atom stereocenters. The van der Waals surface area contributed by atoms with Crippen molar-refractivity contribution in [1.82, 2.24) is 0 Å². The fourth-order valence-corrected chi connectivity index (χ4v) is 0.471. The fourth-order valence-electron chi connectivity index (χ4n) is 0.471. The molecule has 0 aliphatic heterocycles. The summed E-state index contributed by atoms with van der Waals surface area (Å²) in [4.78, 5) is 0. The van der Waals surface area contributed by atoms with Crippen molar-refractivity contribution < 1.29 is 2.74 Å². The van der Waals surface area contributed by atoms with Crippen LogP contribution >= 0.6 is 0 Å². The summed E-state index contributed by atoms with van der Waals surface area (Å²) in [6.45, 7) is 0. The molecule has 0 bridgehead atoms. The zero-order chi connectivity index (χ0) is 7.40. The van der Waals surface area contributed by atoms with Crippen LogP contribution in [0, 0.1) is 12.3 Å². The Morgan fingerprint density at radius 3 is 3.38 bits per heavy atom. The van der Waals surface area contributed by atoms with Crippen molar-refractivity contribution in [3.63, 3.8) is 0 Å². The van der Waals surface area contributed by atoms with E-state index in [-0.39, 0.29) is 0 Å². The average molecular weight is 104 g/mol. The zero-order valence-electron chi connectivity index (χ0n) is 6.31. The van der Waals surface area contributed by atoms with E-state index in [1.54, 1.807) is 24.3 Å². The number of terminal acetylenes is 1. The average Bonchev–Trinajstić information content (AvgIpc) is 1.94. The van der Waals surface area contributed by atoms with Gasteiger partial charge in [-0.1, -0.05) is 24.1 Å². The fraction of sp³-hybridized carbons (Fsp3) is 0. The maximum Gasteiger partial charge on any atom is 0.124 e. The normalized spacial score (nSPS) is 10.5. The second-order valence-electron chi connectivity index (χ2n) is 1.40. The first-order valence-corrected chi connectivity index (χ1v) is 2.33. The SMILES string of the molecule is [2H]C#Cc1ccccc1[2H]. The van der Waals surface area contributed by atoms with Crippen LogP contribution in [-0.2, 0) is 0 Å².